The van der Waals surface area contributed by atoms with E-state index >= 15 is 0 Å². The third-order valence-electron chi connectivity index (χ3n) is 2.72. The zero-order valence-corrected chi connectivity index (χ0v) is 14.5. The van der Waals surface area contributed by atoms with Crippen molar-refractivity contribution in [2.45, 2.75) is 6.92 Å². The van der Waals surface area contributed by atoms with E-state index in [-0.39, 0.29) is 50.7 Å². The first-order valence-electron chi connectivity index (χ1n) is 4.89. The summed E-state index contributed by atoms with van der Waals surface area (Å²) in [6, 6.07) is 17.5. The molecule has 0 unspecified atom stereocenters. The van der Waals surface area contributed by atoms with Crippen molar-refractivity contribution < 1.29 is 50.7 Å². The number of hydrogen-bond acceptors (Lipinski definition) is 0. The molecular formula is C14H11Cl2Hf-3. The van der Waals surface area contributed by atoms with Crippen molar-refractivity contribution in [3.63, 3.8) is 0 Å². The molecule has 0 atom stereocenters. The molecule has 0 radical (unpaired) electrons. The van der Waals surface area contributed by atoms with Gasteiger partial charge in [0.15, 0.2) is 0 Å². The summed E-state index contributed by atoms with van der Waals surface area (Å²) in [5, 5.41) is 5.35. The van der Waals surface area contributed by atoms with E-state index in [0.717, 1.165) is 0 Å². The average molecular weight is 429 g/mol. The summed E-state index contributed by atoms with van der Waals surface area (Å²) in [5.41, 5.74) is 1.34. The second-order valence-corrected chi connectivity index (χ2v) is 3.86. The number of aryl methyl sites for hydroxylation is 1. The van der Waals surface area contributed by atoms with Gasteiger partial charge in [0.25, 0.3) is 0 Å². The first-order valence-corrected chi connectivity index (χ1v) is 4.89. The number of benzene rings is 2. The average Bonchev–Trinajstić information content (AvgIpc) is 2.53. The fraction of sp³-hybridized carbons (Fsp3) is 0.0714. The molecule has 88 valence electrons. The second-order valence-electron chi connectivity index (χ2n) is 3.86. The normalized spacial score (nSPS) is 9.24. The Balaban J connectivity index is 0.000000853. The van der Waals surface area contributed by atoms with Crippen LogP contribution in [0.3, 0.4) is 0 Å². The van der Waals surface area contributed by atoms with Crippen LogP contribution in [-0.2, 0) is 25.8 Å². The van der Waals surface area contributed by atoms with E-state index in [1.807, 2.05) is 0 Å². The van der Waals surface area contributed by atoms with Crippen LogP contribution in [0.1, 0.15) is 5.56 Å². The molecule has 0 N–H and O–H groups in total. The maximum Gasteiger partial charge on any atom is 0 e. The third-order valence-corrected chi connectivity index (χ3v) is 2.72. The molecule has 3 aromatic carbocycles. The minimum Gasteiger partial charge on any atom is -1.00 e. The molecule has 0 aliphatic carbocycles. The molecule has 0 saturated heterocycles. The Bertz CT molecular complexity index is 561. The number of rotatable bonds is 0. The molecule has 3 rings (SSSR count). The summed E-state index contributed by atoms with van der Waals surface area (Å²) < 4.78 is 0. The number of halogens is 2. The minimum atomic E-state index is 0. The van der Waals surface area contributed by atoms with Gasteiger partial charge >= 0.3 is 0 Å². The van der Waals surface area contributed by atoms with Gasteiger partial charge in [0.1, 0.15) is 0 Å². The Morgan fingerprint density at radius 1 is 0.824 bits per heavy atom. The number of hydrogen-bond donors (Lipinski definition) is 0. The molecule has 0 aliphatic rings. The van der Waals surface area contributed by atoms with E-state index in [1.54, 1.807) is 0 Å². The monoisotopic (exact) mass is 429 g/mol. The van der Waals surface area contributed by atoms with Gasteiger partial charge in [-0.3, -0.25) is 0 Å². The van der Waals surface area contributed by atoms with Crippen LogP contribution < -0.4 is 24.8 Å². The Labute approximate surface area is 132 Å². The van der Waals surface area contributed by atoms with Crippen molar-refractivity contribution in [1.29, 1.82) is 0 Å². The molecule has 0 nitrogen and oxygen atoms in total. The second kappa shape index (κ2) is 6.63. The van der Waals surface area contributed by atoms with E-state index in [4.69, 9.17) is 0 Å². The summed E-state index contributed by atoms with van der Waals surface area (Å²) in [6.45, 7) is 2.14. The molecule has 0 saturated carbocycles. The van der Waals surface area contributed by atoms with Crippen LogP contribution in [0.2, 0.25) is 0 Å². The van der Waals surface area contributed by atoms with Gasteiger partial charge in [-0.2, -0.15) is 6.07 Å². The van der Waals surface area contributed by atoms with Gasteiger partial charge in [-0.05, 0) is 5.39 Å². The third kappa shape index (κ3) is 3.15. The number of fused-ring (bicyclic) bond motifs is 2. The summed E-state index contributed by atoms with van der Waals surface area (Å²) in [5.74, 6) is 0. The molecule has 17 heavy (non-hydrogen) atoms. The van der Waals surface area contributed by atoms with E-state index in [1.165, 1.54) is 27.1 Å². The SMILES string of the molecule is Cc1cc2cc3ccccc3cc2[cH-]1.[Cl-].[Cl-].[Hf]. The first-order chi connectivity index (χ1) is 6.83. The molecule has 0 aliphatic heterocycles. The van der Waals surface area contributed by atoms with Crippen molar-refractivity contribution in [3.05, 3.63) is 54.1 Å². The van der Waals surface area contributed by atoms with E-state index < -0.39 is 0 Å². The van der Waals surface area contributed by atoms with Crippen LogP contribution in [-0.4, -0.2) is 0 Å². The Kier molecular flexibility index (Phi) is 6.53. The van der Waals surface area contributed by atoms with Gasteiger partial charge in [-0.1, -0.05) is 42.6 Å². The Hall–Kier alpha value is -0.240. The molecule has 3 heteroatoms. The largest absolute Gasteiger partial charge is 1.00 e. The van der Waals surface area contributed by atoms with Gasteiger partial charge < -0.3 is 24.8 Å². The summed E-state index contributed by atoms with van der Waals surface area (Å²) >= 11 is 0. The summed E-state index contributed by atoms with van der Waals surface area (Å²) in [7, 11) is 0. The molecule has 0 aromatic heterocycles. The van der Waals surface area contributed by atoms with Crippen molar-refractivity contribution >= 4 is 21.5 Å². The molecule has 0 fully saturated rings. The molecular weight excluding hydrogens is 418 g/mol. The van der Waals surface area contributed by atoms with Gasteiger partial charge in [-0.15, -0.1) is 28.5 Å². The molecule has 0 spiro atoms. The van der Waals surface area contributed by atoms with Crippen LogP contribution in [0.25, 0.3) is 21.5 Å². The van der Waals surface area contributed by atoms with Crippen LogP contribution in [0, 0.1) is 6.92 Å². The predicted molar refractivity (Wildman–Crippen MR) is 61.8 cm³/mol. The fourth-order valence-corrected chi connectivity index (χ4v) is 2.06. The van der Waals surface area contributed by atoms with Gasteiger partial charge in [0, 0.05) is 25.8 Å². The van der Waals surface area contributed by atoms with E-state index in [0.29, 0.717) is 0 Å². The summed E-state index contributed by atoms with van der Waals surface area (Å²) in [4.78, 5) is 0. The van der Waals surface area contributed by atoms with E-state index in [9.17, 15) is 0 Å². The smallest absolute Gasteiger partial charge is 0 e. The van der Waals surface area contributed by atoms with Crippen molar-refractivity contribution in [3.8, 4) is 0 Å². The van der Waals surface area contributed by atoms with E-state index in [2.05, 4.69) is 55.5 Å². The zero-order chi connectivity index (χ0) is 9.54. The van der Waals surface area contributed by atoms with Gasteiger partial charge in [0.2, 0.25) is 0 Å². The van der Waals surface area contributed by atoms with Crippen molar-refractivity contribution in [2.24, 2.45) is 0 Å². The van der Waals surface area contributed by atoms with Crippen LogP contribution >= 0.6 is 0 Å². The molecule has 0 heterocycles. The van der Waals surface area contributed by atoms with Gasteiger partial charge in [-0.25, -0.2) is 0 Å². The quantitative estimate of drug-likeness (QED) is 0.288. The fourth-order valence-electron chi connectivity index (χ4n) is 2.06. The summed E-state index contributed by atoms with van der Waals surface area (Å²) in [6.07, 6.45) is 0. The van der Waals surface area contributed by atoms with Gasteiger partial charge in [0.05, 0.1) is 0 Å². The predicted octanol–water partition coefficient (Wildman–Crippen LogP) is -1.97. The molecule has 3 aromatic rings. The maximum atomic E-state index is 2.26. The maximum absolute atomic E-state index is 2.26. The van der Waals surface area contributed by atoms with Crippen LogP contribution in [0.15, 0.2) is 48.5 Å². The minimum absolute atomic E-state index is 0. The Morgan fingerprint density at radius 3 is 2.06 bits per heavy atom. The van der Waals surface area contributed by atoms with Crippen molar-refractivity contribution in [2.75, 3.05) is 0 Å². The van der Waals surface area contributed by atoms with Crippen LogP contribution in [0.4, 0.5) is 0 Å². The molecule has 0 amide bonds. The Morgan fingerprint density at radius 2 is 1.41 bits per heavy atom. The zero-order valence-electron chi connectivity index (χ0n) is 9.37. The molecule has 0 bridgehead atoms. The van der Waals surface area contributed by atoms with Crippen LogP contribution in [0.5, 0.6) is 0 Å². The van der Waals surface area contributed by atoms with Crippen molar-refractivity contribution in [1.82, 2.24) is 0 Å². The topological polar surface area (TPSA) is 0 Å². The first kappa shape index (κ1) is 16.8. The standard InChI is InChI=1S/C14H11.2ClH.Hf/c1-10-6-13-8-11-4-2-3-5-12(11)9-14(13)7-10;;;/h2-9H,1H3;2*1H;/q-1;;;/p-2.